The number of carbonyl (C=O) groups is 1. The van der Waals surface area contributed by atoms with Crippen LogP contribution >= 0.6 is 11.6 Å². The van der Waals surface area contributed by atoms with Crippen LogP contribution < -0.4 is 9.47 Å². The van der Waals surface area contributed by atoms with Crippen molar-refractivity contribution < 1.29 is 14.3 Å². The zero-order chi connectivity index (χ0) is 13.8. The molecule has 1 saturated carbocycles. The lowest BCUT2D eigenvalue weighted by Crippen LogP contribution is -2.21. The molecule has 0 aliphatic heterocycles. The number of hydrogen-bond acceptors (Lipinski definition) is 3. The van der Waals surface area contributed by atoms with Crippen molar-refractivity contribution in [3.63, 3.8) is 0 Å². The number of allylic oxidation sites excluding steroid dienone is 1. The van der Waals surface area contributed by atoms with Crippen LogP contribution in [0.25, 0.3) is 6.08 Å². The van der Waals surface area contributed by atoms with E-state index < -0.39 is 0 Å². The number of methoxy groups -OCH3 is 2. The van der Waals surface area contributed by atoms with Gasteiger partial charge < -0.3 is 9.47 Å². The molecule has 19 heavy (non-hydrogen) atoms. The van der Waals surface area contributed by atoms with Crippen LogP contribution in [0.1, 0.15) is 24.8 Å². The van der Waals surface area contributed by atoms with Gasteiger partial charge in [-0.05, 0) is 48.6 Å². The summed E-state index contributed by atoms with van der Waals surface area (Å²) in [7, 11) is 3.19. The van der Waals surface area contributed by atoms with Gasteiger partial charge in [0.25, 0.3) is 0 Å². The zero-order valence-electron chi connectivity index (χ0n) is 11.1. The van der Waals surface area contributed by atoms with Gasteiger partial charge in [-0.25, -0.2) is 0 Å². The van der Waals surface area contributed by atoms with E-state index in [9.17, 15) is 4.79 Å². The van der Waals surface area contributed by atoms with Gasteiger partial charge in [-0.3, -0.25) is 4.79 Å². The highest BCUT2D eigenvalue weighted by atomic mass is 35.5. The summed E-state index contributed by atoms with van der Waals surface area (Å²) in [6.45, 7) is 0. The largest absolute Gasteiger partial charge is 0.493 e. The third-order valence-electron chi connectivity index (χ3n) is 3.25. The number of benzene rings is 1. The lowest BCUT2D eigenvalue weighted by Gasteiger charge is -2.17. The van der Waals surface area contributed by atoms with Crippen molar-refractivity contribution in [1.82, 2.24) is 0 Å². The minimum atomic E-state index is -0.375. The molecule has 0 bridgehead atoms. The Hall–Kier alpha value is -1.48. The van der Waals surface area contributed by atoms with Crippen molar-refractivity contribution in [3.8, 4) is 11.5 Å². The molecule has 3 nitrogen and oxygen atoms in total. The van der Waals surface area contributed by atoms with Crippen molar-refractivity contribution in [1.29, 1.82) is 0 Å². The van der Waals surface area contributed by atoms with Gasteiger partial charge in [0, 0.05) is 0 Å². The van der Waals surface area contributed by atoms with E-state index in [-0.39, 0.29) is 11.2 Å². The lowest BCUT2D eigenvalue weighted by molar-refractivity contribution is -0.116. The molecule has 1 aromatic carbocycles. The van der Waals surface area contributed by atoms with Gasteiger partial charge in [0.15, 0.2) is 17.3 Å². The van der Waals surface area contributed by atoms with Crippen LogP contribution in [0.15, 0.2) is 23.8 Å². The average molecular weight is 281 g/mol. The fourth-order valence-corrected chi connectivity index (χ4v) is 2.51. The topological polar surface area (TPSA) is 35.5 Å². The van der Waals surface area contributed by atoms with Gasteiger partial charge >= 0.3 is 0 Å². The van der Waals surface area contributed by atoms with Gasteiger partial charge in [0.1, 0.15) is 0 Å². The molecule has 102 valence electrons. The Labute approximate surface area is 118 Å². The third-order valence-corrected chi connectivity index (χ3v) is 3.67. The maximum Gasteiger partial charge on any atom is 0.176 e. The fourth-order valence-electron chi connectivity index (χ4n) is 2.21. The predicted molar refractivity (Wildman–Crippen MR) is 76.0 cm³/mol. The quantitative estimate of drug-likeness (QED) is 0.628. The molecule has 0 amide bonds. The summed E-state index contributed by atoms with van der Waals surface area (Å²) in [4.78, 5) is 12.0. The molecule has 1 fully saturated rings. The number of hydrogen-bond donors (Lipinski definition) is 0. The Bertz CT molecular complexity index is 508. The molecule has 0 aromatic heterocycles. The normalized spacial score (nSPS) is 21.5. The molecule has 1 aromatic rings. The second-order valence-electron chi connectivity index (χ2n) is 4.51. The molecule has 0 spiro atoms. The highest BCUT2D eigenvalue weighted by Crippen LogP contribution is 2.30. The number of ether oxygens (including phenoxy) is 2. The molecule has 1 aliphatic rings. The Balaban J connectivity index is 2.29. The third kappa shape index (κ3) is 3.10. The standard InChI is InChI=1S/C15H17ClO3/c1-18-13-7-6-10(9-14(13)19-2)8-11-4-3-5-12(16)15(11)17/h6-9,12H,3-5H2,1-2H3. The van der Waals surface area contributed by atoms with E-state index >= 15 is 0 Å². The molecule has 0 radical (unpaired) electrons. The molecule has 2 rings (SSSR count). The number of halogens is 1. The molecule has 1 aliphatic carbocycles. The summed E-state index contributed by atoms with van der Waals surface area (Å²) in [5.74, 6) is 1.38. The monoisotopic (exact) mass is 280 g/mol. The van der Waals surface area contributed by atoms with E-state index in [4.69, 9.17) is 21.1 Å². The molecular formula is C15H17ClO3. The van der Waals surface area contributed by atoms with Crippen molar-refractivity contribution >= 4 is 23.5 Å². The summed E-state index contributed by atoms with van der Waals surface area (Å²) < 4.78 is 10.4. The van der Waals surface area contributed by atoms with E-state index in [0.717, 1.165) is 30.4 Å². The predicted octanol–water partition coefficient (Wildman–Crippen LogP) is 3.45. The van der Waals surface area contributed by atoms with Gasteiger partial charge in [-0.1, -0.05) is 6.07 Å². The van der Waals surface area contributed by atoms with Gasteiger partial charge in [-0.2, -0.15) is 0 Å². The average Bonchev–Trinajstić information content (AvgIpc) is 2.43. The van der Waals surface area contributed by atoms with Crippen LogP contribution in [0.4, 0.5) is 0 Å². The molecule has 0 heterocycles. The second kappa shape index (κ2) is 6.11. The molecule has 1 unspecified atom stereocenters. The first kappa shape index (κ1) is 13.9. The summed E-state index contributed by atoms with van der Waals surface area (Å²) in [5.41, 5.74) is 1.71. The van der Waals surface area contributed by atoms with Crippen LogP contribution in [-0.4, -0.2) is 25.4 Å². The zero-order valence-corrected chi connectivity index (χ0v) is 11.9. The first-order valence-electron chi connectivity index (χ1n) is 6.26. The van der Waals surface area contributed by atoms with Crippen molar-refractivity contribution in [2.45, 2.75) is 24.6 Å². The lowest BCUT2D eigenvalue weighted by atomic mass is 9.91. The van der Waals surface area contributed by atoms with E-state index in [1.54, 1.807) is 14.2 Å². The summed E-state index contributed by atoms with van der Waals surface area (Å²) in [6.07, 6.45) is 4.40. The minimum Gasteiger partial charge on any atom is -0.493 e. The van der Waals surface area contributed by atoms with Gasteiger partial charge in [0.2, 0.25) is 0 Å². The molecule has 4 heteroatoms. The van der Waals surface area contributed by atoms with E-state index in [2.05, 4.69) is 0 Å². The van der Waals surface area contributed by atoms with Crippen molar-refractivity contribution in [2.75, 3.05) is 14.2 Å². The minimum absolute atomic E-state index is 0.0442. The van der Waals surface area contributed by atoms with Crippen LogP contribution in [0.3, 0.4) is 0 Å². The Morgan fingerprint density at radius 2 is 2.00 bits per heavy atom. The van der Waals surface area contributed by atoms with E-state index in [0.29, 0.717) is 11.5 Å². The molecule has 0 N–H and O–H groups in total. The van der Waals surface area contributed by atoms with Crippen molar-refractivity contribution in [3.05, 3.63) is 29.3 Å². The smallest absolute Gasteiger partial charge is 0.176 e. The van der Waals surface area contributed by atoms with Crippen LogP contribution in [0.2, 0.25) is 0 Å². The van der Waals surface area contributed by atoms with Crippen LogP contribution in [-0.2, 0) is 4.79 Å². The first-order chi connectivity index (χ1) is 9.15. The maximum atomic E-state index is 12.0. The molecule has 0 saturated heterocycles. The number of carbonyl (C=O) groups excluding carboxylic acids is 1. The Morgan fingerprint density at radius 1 is 1.26 bits per heavy atom. The van der Waals surface area contributed by atoms with E-state index in [1.165, 1.54) is 0 Å². The van der Waals surface area contributed by atoms with Gasteiger partial charge in [0.05, 0.1) is 19.6 Å². The van der Waals surface area contributed by atoms with E-state index in [1.807, 2.05) is 24.3 Å². The SMILES string of the molecule is COc1ccc(C=C2CCCC(Cl)C2=O)cc1OC. The molecular weight excluding hydrogens is 264 g/mol. The highest BCUT2D eigenvalue weighted by Gasteiger charge is 2.24. The Morgan fingerprint density at radius 3 is 2.68 bits per heavy atom. The summed E-state index contributed by atoms with van der Waals surface area (Å²) in [5, 5.41) is -0.375. The second-order valence-corrected chi connectivity index (χ2v) is 5.03. The first-order valence-corrected chi connectivity index (χ1v) is 6.70. The Kier molecular flexibility index (Phi) is 4.48. The van der Waals surface area contributed by atoms with Crippen LogP contribution in [0, 0.1) is 0 Å². The number of ketones is 1. The van der Waals surface area contributed by atoms with Crippen LogP contribution in [0.5, 0.6) is 11.5 Å². The number of Topliss-reactive ketones (excluding diaryl/α,β-unsaturated/α-hetero) is 1. The number of rotatable bonds is 3. The van der Waals surface area contributed by atoms with Gasteiger partial charge in [-0.15, -0.1) is 11.6 Å². The summed E-state index contributed by atoms with van der Waals surface area (Å²) in [6, 6.07) is 5.59. The fraction of sp³-hybridized carbons (Fsp3) is 0.400. The molecule has 1 atom stereocenters. The summed E-state index contributed by atoms with van der Waals surface area (Å²) >= 11 is 6.00. The van der Waals surface area contributed by atoms with Crippen molar-refractivity contribution in [2.24, 2.45) is 0 Å². The highest BCUT2D eigenvalue weighted by molar-refractivity contribution is 6.34. The number of alkyl halides is 1. The maximum absolute atomic E-state index is 12.0.